The van der Waals surface area contributed by atoms with Crippen LogP contribution in [0.5, 0.6) is 5.75 Å². The Bertz CT molecular complexity index is 1070. The topological polar surface area (TPSA) is 49.9 Å². The lowest BCUT2D eigenvalue weighted by Crippen LogP contribution is -2.38. The summed E-state index contributed by atoms with van der Waals surface area (Å²) in [5, 5.41) is 0. The van der Waals surface area contributed by atoms with Gasteiger partial charge in [-0.3, -0.25) is 9.59 Å². The summed E-state index contributed by atoms with van der Waals surface area (Å²) in [4.78, 5) is 29.5. The molecule has 0 radical (unpaired) electrons. The summed E-state index contributed by atoms with van der Waals surface area (Å²) in [7, 11) is 0. The van der Waals surface area contributed by atoms with Gasteiger partial charge in [0.2, 0.25) is 0 Å². The molecule has 2 heterocycles. The van der Waals surface area contributed by atoms with E-state index < -0.39 is 29.7 Å². The third kappa shape index (κ3) is 4.32. The zero-order chi connectivity index (χ0) is 23.0. The SMILES string of the molecule is CC1CCN(C2=C(c3ccc(F)cc3)C(=O)N(c3cccc(OC(F)(F)F)c3)C2=O)CC1. The van der Waals surface area contributed by atoms with Gasteiger partial charge in [0, 0.05) is 19.2 Å². The lowest BCUT2D eigenvalue weighted by molar-refractivity contribution is -0.274. The van der Waals surface area contributed by atoms with E-state index in [1.165, 1.54) is 36.4 Å². The van der Waals surface area contributed by atoms with E-state index in [0.717, 1.165) is 29.9 Å². The van der Waals surface area contributed by atoms with Crippen molar-refractivity contribution >= 4 is 23.1 Å². The smallest absolute Gasteiger partial charge is 0.406 e. The molecule has 0 saturated carbocycles. The van der Waals surface area contributed by atoms with Gasteiger partial charge in [0.05, 0.1) is 11.3 Å². The second-order valence-corrected chi connectivity index (χ2v) is 7.89. The van der Waals surface area contributed by atoms with E-state index in [-0.39, 0.29) is 17.0 Å². The Labute approximate surface area is 181 Å². The van der Waals surface area contributed by atoms with Crippen LogP contribution in [-0.2, 0) is 9.59 Å². The maximum atomic E-state index is 13.5. The van der Waals surface area contributed by atoms with E-state index in [9.17, 15) is 27.2 Å². The van der Waals surface area contributed by atoms with E-state index in [4.69, 9.17) is 0 Å². The normalized spacial score (nSPS) is 18.0. The van der Waals surface area contributed by atoms with E-state index >= 15 is 0 Å². The number of carbonyl (C=O) groups is 2. The number of piperidine rings is 1. The molecule has 9 heteroatoms. The van der Waals surface area contributed by atoms with Crippen molar-refractivity contribution in [1.29, 1.82) is 0 Å². The number of hydrogen-bond acceptors (Lipinski definition) is 4. The largest absolute Gasteiger partial charge is 0.573 e. The van der Waals surface area contributed by atoms with Gasteiger partial charge in [-0.05, 0) is 48.6 Å². The second-order valence-electron chi connectivity index (χ2n) is 7.89. The number of alkyl halides is 3. The van der Waals surface area contributed by atoms with Gasteiger partial charge >= 0.3 is 6.36 Å². The van der Waals surface area contributed by atoms with Crippen LogP contribution in [0.2, 0.25) is 0 Å². The first-order valence-corrected chi connectivity index (χ1v) is 10.1. The molecule has 2 aliphatic heterocycles. The van der Waals surface area contributed by atoms with Crippen molar-refractivity contribution in [3.63, 3.8) is 0 Å². The summed E-state index contributed by atoms with van der Waals surface area (Å²) in [6.45, 7) is 3.23. The van der Waals surface area contributed by atoms with Crippen LogP contribution in [0.25, 0.3) is 5.57 Å². The molecule has 2 amide bonds. The molecule has 168 valence electrons. The van der Waals surface area contributed by atoms with Crippen molar-refractivity contribution in [3.8, 4) is 5.75 Å². The van der Waals surface area contributed by atoms with Crippen molar-refractivity contribution in [2.24, 2.45) is 5.92 Å². The predicted molar refractivity (Wildman–Crippen MR) is 109 cm³/mol. The summed E-state index contributed by atoms with van der Waals surface area (Å²) >= 11 is 0. The van der Waals surface area contributed by atoms with Crippen LogP contribution in [0.1, 0.15) is 25.3 Å². The average Bonchev–Trinajstić information content (AvgIpc) is 2.98. The van der Waals surface area contributed by atoms with Gasteiger partial charge in [0.1, 0.15) is 17.3 Å². The fourth-order valence-corrected chi connectivity index (χ4v) is 3.97. The summed E-state index contributed by atoms with van der Waals surface area (Å²) in [5.41, 5.74) is 0.604. The van der Waals surface area contributed by atoms with E-state index in [2.05, 4.69) is 11.7 Å². The van der Waals surface area contributed by atoms with Crippen molar-refractivity contribution in [1.82, 2.24) is 4.90 Å². The van der Waals surface area contributed by atoms with Crippen LogP contribution < -0.4 is 9.64 Å². The first kappa shape index (κ1) is 21.9. The van der Waals surface area contributed by atoms with Crippen LogP contribution in [0.15, 0.2) is 54.2 Å². The molecular weight excluding hydrogens is 428 g/mol. The van der Waals surface area contributed by atoms with Crippen LogP contribution >= 0.6 is 0 Å². The van der Waals surface area contributed by atoms with Gasteiger partial charge in [0.15, 0.2) is 0 Å². The van der Waals surface area contributed by atoms with Crippen LogP contribution in [0.3, 0.4) is 0 Å². The third-order valence-corrected chi connectivity index (χ3v) is 5.60. The lowest BCUT2D eigenvalue weighted by Gasteiger charge is -2.32. The number of halogens is 4. The quantitative estimate of drug-likeness (QED) is 0.501. The molecule has 2 aromatic carbocycles. The number of ether oxygens (including phenoxy) is 1. The first-order chi connectivity index (χ1) is 15.1. The monoisotopic (exact) mass is 448 g/mol. The highest BCUT2D eigenvalue weighted by molar-refractivity contribution is 6.45. The molecule has 0 atom stereocenters. The number of rotatable bonds is 4. The standard InChI is InChI=1S/C23H20F4N2O3/c1-14-9-11-28(12-10-14)20-19(15-5-7-16(24)8-6-15)21(30)29(22(20)31)17-3-2-4-18(13-17)32-23(25,26)27/h2-8,13-14H,9-12H2,1H3. The minimum atomic E-state index is -4.91. The van der Waals surface area contributed by atoms with Crippen molar-refractivity contribution < 1.29 is 31.9 Å². The van der Waals surface area contributed by atoms with Gasteiger partial charge in [0.25, 0.3) is 11.8 Å². The number of imide groups is 1. The highest BCUT2D eigenvalue weighted by Crippen LogP contribution is 2.37. The maximum absolute atomic E-state index is 13.5. The molecule has 2 aromatic rings. The molecule has 4 rings (SSSR count). The number of nitrogens with zero attached hydrogens (tertiary/aromatic N) is 2. The Balaban J connectivity index is 1.75. The zero-order valence-corrected chi connectivity index (χ0v) is 17.2. The third-order valence-electron chi connectivity index (χ3n) is 5.60. The zero-order valence-electron chi connectivity index (χ0n) is 17.2. The van der Waals surface area contributed by atoms with Crippen molar-refractivity contribution in [2.45, 2.75) is 26.1 Å². The van der Waals surface area contributed by atoms with Crippen LogP contribution in [0.4, 0.5) is 23.2 Å². The Morgan fingerprint density at radius 3 is 2.25 bits per heavy atom. The summed E-state index contributed by atoms with van der Waals surface area (Å²) in [6.07, 6.45) is -3.25. The number of benzene rings is 2. The molecule has 0 bridgehead atoms. The number of hydrogen-bond donors (Lipinski definition) is 0. The van der Waals surface area contributed by atoms with Gasteiger partial charge in [-0.15, -0.1) is 13.2 Å². The van der Waals surface area contributed by atoms with Gasteiger partial charge in [-0.1, -0.05) is 25.1 Å². The summed E-state index contributed by atoms with van der Waals surface area (Å²) in [6, 6.07) is 9.92. The Morgan fingerprint density at radius 1 is 0.969 bits per heavy atom. The predicted octanol–water partition coefficient (Wildman–Crippen LogP) is 4.74. The van der Waals surface area contributed by atoms with Crippen molar-refractivity contribution in [3.05, 3.63) is 65.6 Å². The Kier molecular flexibility index (Phi) is 5.66. The molecule has 5 nitrogen and oxygen atoms in total. The van der Waals surface area contributed by atoms with Crippen LogP contribution in [0, 0.1) is 11.7 Å². The minimum Gasteiger partial charge on any atom is -0.406 e. The minimum absolute atomic E-state index is 0.0401. The first-order valence-electron chi connectivity index (χ1n) is 10.1. The molecule has 32 heavy (non-hydrogen) atoms. The molecule has 0 N–H and O–H groups in total. The highest BCUT2D eigenvalue weighted by atomic mass is 19.4. The lowest BCUT2D eigenvalue weighted by atomic mass is 9.97. The van der Waals surface area contributed by atoms with E-state index in [0.29, 0.717) is 24.6 Å². The number of carbonyl (C=O) groups excluding carboxylic acids is 2. The molecule has 1 fully saturated rings. The maximum Gasteiger partial charge on any atom is 0.573 e. The molecule has 0 aliphatic carbocycles. The molecule has 0 unspecified atom stereocenters. The number of amides is 2. The van der Waals surface area contributed by atoms with Crippen LogP contribution in [-0.4, -0.2) is 36.2 Å². The van der Waals surface area contributed by atoms with Crippen molar-refractivity contribution in [2.75, 3.05) is 18.0 Å². The van der Waals surface area contributed by atoms with E-state index in [1.54, 1.807) is 0 Å². The van der Waals surface area contributed by atoms with Gasteiger partial charge in [-0.25, -0.2) is 9.29 Å². The number of anilines is 1. The molecule has 1 saturated heterocycles. The molecule has 0 aromatic heterocycles. The Morgan fingerprint density at radius 2 is 1.62 bits per heavy atom. The Hall–Kier alpha value is -3.36. The highest BCUT2D eigenvalue weighted by Gasteiger charge is 2.43. The average molecular weight is 448 g/mol. The molecule has 2 aliphatic rings. The molecule has 0 spiro atoms. The fraction of sp³-hybridized carbons (Fsp3) is 0.304. The molecular formula is C23H20F4N2O3. The number of likely N-dealkylation sites (tertiary alicyclic amines) is 1. The van der Waals surface area contributed by atoms with Gasteiger partial charge < -0.3 is 9.64 Å². The van der Waals surface area contributed by atoms with Gasteiger partial charge in [-0.2, -0.15) is 0 Å². The summed E-state index contributed by atoms with van der Waals surface area (Å²) < 4.78 is 55.3. The second kappa shape index (κ2) is 8.29. The fourth-order valence-electron chi connectivity index (χ4n) is 3.97. The van der Waals surface area contributed by atoms with E-state index in [1.807, 2.05) is 4.90 Å². The summed E-state index contributed by atoms with van der Waals surface area (Å²) in [5.74, 6) is -1.87.